The van der Waals surface area contributed by atoms with Gasteiger partial charge in [0.25, 0.3) is 0 Å². The Balaban J connectivity index is 1.44. The minimum Gasteiger partial charge on any atom is -0.458 e. The summed E-state index contributed by atoms with van der Waals surface area (Å²) >= 11 is 17.5. The van der Waals surface area contributed by atoms with Crippen molar-refractivity contribution in [3.05, 3.63) is 81.2 Å². The molecule has 0 atom stereocenters. The molecule has 13 heteroatoms. The van der Waals surface area contributed by atoms with Crippen LogP contribution in [0.2, 0.25) is 15.1 Å². The quantitative estimate of drug-likeness (QED) is 0.216. The lowest BCUT2D eigenvalue weighted by Crippen LogP contribution is -2.34. The summed E-state index contributed by atoms with van der Waals surface area (Å²) in [7, 11) is 0. The highest BCUT2D eigenvalue weighted by Gasteiger charge is 2.15. The van der Waals surface area contributed by atoms with E-state index in [4.69, 9.17) is 39.2 Å². The number of amides is 4. The average Bonchev–Trinajstić information content (AvgIpc) is 3.25. The Morgan fingerprint density at radius 1 is 0.743 bits per heavy atom. The molecule has 0 unspecified atom stereocenters. The van der Waals surface area contributed by atoms with E-state index in [1.807, 2.05) is 0 Å². The first-order valence-corrected chi connectivity index (χ1v) is 10.9. The summed E-state index contributed by atoms with van der Waals surface area (Å²) in [4.78, 5) is 47.7. The maximum atomic E-state index is 12.0. The van der Waals surface area contributed by atoms with Crippen molar-refractivity contribution in [2.24, 2.45) is 5.10 Å². The number of furan rings is 1. The van der Waals surface area contributed by atoms with Crippen molar-refractivity contribution in [1.82, 2.24) is 10.7 Å². The molecule has 1 aromatic heterocycles. The zero-order valence-corrected chi connectivity index (χ0v) is 19.9. The van der Waals surface area contributed by atoms with Crippen LogP contribution in [0.15, 0.2) is 64.1 Å². The maximum Gasteiger partial charge on any atom is 0.329 e. The maximum absolute atomic E-state index is 12.0. The van der Waals surface area contributed by atoms with E-state index in [1.54, 1.807) is 12.1 Å². The van der Waals surface area contributed by atoms with Gasteiger partial charge in [0, 0.05) is 26.4 Å². The summed E-state index contributed by atoms with van der Waals surface area (Å²) in [5.74, 6) is -3.22. The molecule has 0 bridgehead atoms. The van der Waals surface area contributed by atoms with Crippen molar-refractivity contribution in [1.29, 1.82) is 0 Å². The molecule has 0 saturated carbocycles. The summed E-state index contributed by atoms with van der Waals surface area (Å²) in [6, 6.07) is 13.6. The number of halogens is 3. The zero-order chi connectivity index (χ0) is 25.4. The number of hydrazone groups is 1. The van der Waals surface area contributed by atoms with Crippen LogP contribution in [0.3, 0.4) is 0 Å². The molecule has 180 valence electrons. The summed E-state index contributed by atoms with van der Waals surface area (Å²) in [5, 5.41) is 11.9. The molecule has 2 aromatic carbocycles. The third kappa shape index (κ3) is 8.14. The molecule has 0 aliphatic heterocycles. The van der Waals surface area contributed by atoms with Gasteiger partial charge >= 0.3 is 23.6 Å². The molecule has 3 rings (SSSR count). The van der Waals surface area contributed by atoms with Gasteiger partial charge in [0.1, 0.15) is 11.5 Å². The van der Waals surface area contributed by atoms with Crippen molar-refractivity contribution in [2.75, 3.05) is 10.6 Å². The third-order valence-corrected chi connectivity index (χ3v) is 4.79. The van der Waals surface area contributed by atoms with Gasteiger partial charge < -0.3 is 20.4 Å². The van der Waals surface area contributed by atoms with Gasteiger partial charge in [-0.05, 0) is 54.6 Å². The molecule has 4 N–H and O–H groups in total. The van der Waals surface area contributed by atoms with E-state index in [-0.39, 0.29) is 18.0 Å². The van der Waals surface area contributed by atoms with E-state index < -0.39 is 23.6 Å². The Bertz CT molecular complexity index is 1270. The van der Waals surface area contributed by atoms with E-state index in [9.17, 15) is 19.2 Å². The highest BCUT2D eigenvalue weighted by atomic mass is 35.5. The van der Waals surface area contributed by atoms with Crippen LogP contribution in [0.4, 0.5) is 11.4 Å². The van der Waals surface area contributed by atoms with E-state index in [0.717, 1.165) is 6.21 Å². The topological polar surface area (TPSA) is 142 Å². The molecule has 35 heavy (non-hydrogen) atoms. The molecule has 1 heterocycles. The van der Waals surface area contributed by atoms with E-state index in [0.29, 0.717) is 26.5 Å². The number of nitrogens with zero attached hydrogens (tertiary/aromatic N) is 1. The molecule has 10 nitrogen and oxygen atoms in total. The molecule has 0 aliphatic carbocycles. The molecule has 3 aromatic rings. The predicted molar refractivity (Wildman–Crippen MR) is 131 cm³/mol. The summed E-state index contributed by atoms with van der Waals surface area (Å²) < 4.78 is 5.42. The van der Waals surface area contributed by atoms with Crippen LogP contribution in [0.25, 0.3) is 0 Å². The van der Waals surface area contributed by atoms with Crippen LogP contribution in [-0.2, 0) is 25.7 Å². The fourth-order valence-corrected chi connectivity index (χ4v) is 3.20. The molecule has 0 spiro atoms. The van der Waals surface area contributed by atoms with Gasteiger partial charge in [0.05, 0.1) is 12.8 Å². The normalized spacial score (nSPS) is 10.6. The smallest absolute Gasteiger partial charge is 0.329 e. The second kappa shape index (κ2) is 12.0. The van der Waals surface area contributed by atoms with Crippen molar-refractivity contribution < 1.29 is 23.6 Å². The molecule has 0 aliphatic rings. The number of benzene rings is 2. The Hall–Kier alpha value is -3.86. The van der Waals surface area contributed by atoms with Gasteiger partial charge in [-0.25, -0.2) is 5.43 Å². The number of carbonyl (C=O) groups excluding carboxylic acids is 4. The summed E-state index contributed by atoms with van der Waals surface area (Å²) in [5.41, 5.74) is 2.72. The number of anilines is 2. The first kappa shape index (κ1) is 25.8. The number of carbonyl (C=O) groups is 4. The molecule has 4 amide bonds. The first-order valence-electron chi connectivity index (χ1n) is 9.73. The number of rotatable bonds is 6. The Morgan fingerprint density at radius 3 is 2.06 bits per heavy atom. The lowest BCUT2D eigenvalue weighted by molar-refractivity contribution is -0.136. The monoisotopic (exact) mass is 535 g/mol. The fourth-order valence-electron chi connectivity index (χ4n) is 2.55. The van der Waals surface area contributed by atoms with E-state index >= 15 is 0 Å². The average molecular weight is 537 g/mol. The summed E-state index contributed by atoms with van der Waals surface area (Å²) in [6.07, 6.45) is 1.16. The molecule has 0 fully saturated rings. The Labute approximate surface area is 213 Å². The van der Waals surface area contributed by atoms with Crippen molar-refractivity contribution in [3.63, 3.8) is 0 Å². The van der Waals surface area contributed by atoms with Crippen LogP contribution in [0.5, 0.6) is 0 Å². The lowest BCUT2D eigenvalue weighted by Gasteiger charge is -2.06. The van der Waals surface area contributed by atoms with E-state index in [2.05, 4.69) is 26.5 Å². The second-order valence-corrected chi connectivity index (χ2v) is 8.07. The van der Waals surface area contributed by atoms with Crippen molar-refractivity contribution in [2.45, 2.75) is 6.54 Å². The molecule has 0 saturated heterocycles. The van der Waals surface area contributed by atoms with E-state index in [1.165, 1.54) is 42.5 Å². The number of nitrogens with one attached hydrogen (secondary N) is 4. The largest absolute Gasteiger partial charge is 0.458 e. The van der Waals surface area contributed by atoms with Gasteiger partial charge in [0.2, 0.25) is 0 Å². The van der Waals surface area contributed by atoms with Gasteiger partial charge in [-0.2, -0.15) is 5.10 Å². The minimum atomic E-state index is -0.998. The molecular formula is C22H16Cl3N5O5. The zero-order valence-electron chi connectivity index (χ0n) is 17.6. The van der Waals surface area contributed by atoms with Gasteiger partial charge in [-0.3, -0.25) is 19.2 Å². The van der Waals surface area contributed by atoms with Gasteiger partial charge in [-0.15, -0.1) is 0 Å². The number of hydrogen-bond donors (Lipinski definition) is 4. The van der Waals surface area contributed by atoms with Gasteiger partial charge in [0.15, 0.2) is 0 Å². The molecular weight excluding hydrogens is 521 g/mol. The third-order valence-electron chi connectivity index (χ3n) is 4.10. The Kier molecular flexibility index (Phi) is 8.85. The fraction of sp³-hybridized carbons (Fsp3) is 0.0455. The van der Waals surface area contributed by atoms with Crippen LogP contribution in [0.1, 0.15) is 11.5 Å². The predicted octanol–water partition coefficient (Wildman–Crippen LogP) is 3.58. The summed E-state index contributed by atoms with van der Waals surface area (Å²) in [6.45, 7) is -0.0910. The van der Waals surface area contributed by atoms with Crippen LogP contribution >= 0.6 is 34.8 Å². The van der Waals surface area contributed by atoms with Crippen LogP contribution in [0, 0.1) is 0 Å². The standard InChI is InChI=1S/C22H16Cl3N5O5/c23-12-1-3-15(4-2-12)28-21(33)22(34)30-27-11-18-6-5-17(35-18)10-26-19(31)20(32)29-16-8-13(24)7-14(25)9-16/h1-9,11H,10H2,(H,26,31)(H,28,33)(H,29,32)(H,30,34)/b27-11+. The Morgan fingerprint density at radius 2 is 1.37 bits per heavy atom. The highest BCUT2D eigenvalue weighted by Crippen LogP contribution is 2.22. The second-order valence-electron chi connectivity index (χ2n) is 6.76. The van der Waals surface area contributed by atoms with Crippen molar-refractivity contribution in [3.8, 4) is 0 Å². The lowest BCUT2D eigenvalue weighted by atomic mass is 10.3. The molecule has 0 radical (unpaired) electrons. The number of hydrogen-bond acceptors (Lipinski definition) is 6. The highest BCUT2D eigenvalue weighted by molar-refractivity contribution is 6.40. The van der Waals surface area contributed by atoms with Gasteiger partial charge in [-0.1, -0.05) is 34.8 Å². The van der Waals surface area contributed by atoms with Crippen molar-refractivity contribution >= 4 is 76.0 Å². The van der Waals surface area contributed by atoms with Crippen LogP contribution in [-0.4, -0.2) is 29.8 Å². The van der Waals surface area contributed by atoms with Crippen LogP contribution < -0.4 is 21.4 Å². The first-order chi connectivity index (χ1) is 16.7. The SMILES string of the molecule is O=C(NCc1ccc(/C=N/NC(=O)C(=O)Nc2ccc(Cl)cc2)o1)C(=O)Nc1cc(Cl)cc(Cl)c1. The minimum absolute atomic E-state index is 0.0910.